The largest absolute Gasteiger partial charge is 0.545 e. The minimum atomic E-state index is -1.61. The zero-order chi connectivity index (χ0) is 42.8. The number of carbonyl (C=O) groups excluding carboxylic acids is 3. The van der Waals surface area contributed by atoms with Gasteiger partial charge in [-0.05, 0) is 12.8 Å². The van der Waals surface area contributed by atoms with E-state index in [2.05, 4.69) is 13.8 Å². The molecule has 9 heteroatoms. The SMILES string of the molecule is CCCCCCCCCCCCCCCCCCCCCCCCCC(=O)OC(COC(=O)CCCCCCCCCCCC)COC(OCC[N+](C)(C)C)C(=O)[O-]. The molecular weight excluding hydrogens is 731 g/mol. The number of esters is 2. The van der Waals surface area contributed by atoms with E-state index in [1.807, 2.05) is 21.1 Å². The maximum absolute atomic E-state index is 12.8. The van der Waals surface area contributed by atoms with Gasteiger partial charge in [-0.1, -0.05) is 213 Å². The molecule has 0 radical (unpaired) electrons. The molecule has 0 heterocycles. The quantitative estimate of drug-likeness (QED) is 0.0258. The van der Waals surface area contributed by atoms with Crippen molar-refractivity contribution in [3.05, 3.63) is 0 Å². The summed E-state index contributed by atoms with van der Waals surface area (Å²) in [6, 6.07) is 0. The van der Waals surface area contributed by atoms with Crippen LogP contribution in [-0.2, 0) is 33.3 Å². The molecule has 0 aliphatic heterocycles. The number of carbonyl (C=O) groups is 3. The lowest BCUT2D eigenvalue weighted by Gasteiger charge is -2.26. The lowest BCUT2D eigenvalue weighted by atomic mass is 10.0. The Bertz CT molecular complexity index is 923. The van der Waals surface area contributed by atoms with Gasteiger partial charge in [0.15, 0.2) is 12.4 Å². The van der Waals surface area contributed by atoms with Crippen LogP contribution in [0.1, 0.15) is 239 Å². The number of hydrogen-bond acceptors (Lipinski definition) is 8. The summed E-state index contributed by atoms with van der Waals surface area (Å²) in [5.74, 6) is -2.26. The topological polar surface area (TPSA) is 111 Å². The molecular formula is C49H95NO8. The van der Waals surface area contributed by atoms with Crippen LogP contribution in [0.3, 0.4) is 0 Å². The van der Waals surface area contributed by atoms with Crippen LogP contribution in [0.5, 0.6) is 0 Å². The number of hydrogen-bond donors (Lipinski definition) is 0. The zero-order valence-corrected chi connectivity index (χ0v) is 38.9. The normalized spacial score (nSPS) is 12.8. The summed E-state index contributed by atoms with van der Waals surface area (Å²) in [4.78, 5) is 37.0. The first-order valence-corrected chi connectivity index (χ1v) is 24.7. The van der Waals surface area contributed by atoms with Crippen LogP contribution in [0, 0.1) is 0 Å². The Kier molecular flexibility index (Phi) is 40.8. The molecule has 0 aliphatic rings. The Morgan fingerprint density at radius 3 is 1.10 bits per heavy atom. The molecule has 2 unspecified atom stereocenters. The summed E-state index contributed by atoms with van der Waals surface area (Å²) < 4.78 is 22.6. The molecule has 0 aromatic rings. The van der Waals surface area contributed by atoms with Gasteiger partial charge in [0.05, 0.1) is 40.3 Å². The molecule has 0 spiro atoms. The number of rotatable bonds is 46. The number of likely N-dealkylation sites (N-methyl/N-ethyl adjacent to an activating group) is 1. The van der Waals surface area contributed by atoms with Crippen LogP contribution in [0.25, 0.3) is 0 Å². The summed E-state index contributed by atoms with van der Waals surface area (Å²) in [6.45, 7) is 4.77. The van der Waals surface area contributed by atoms with Crippen LogP contribution < -0.4 is 5.11 Å². The molecule has 0 bridgehead atoms. The van der Waals surface area contributed by atoms with E-state index in [1.54, 1.807) is 0 Å². The predicted octanol–water partition coefficient (Wildman–Crippen LogP) is 12.0. The highest BCUT2D eigenvalue weighted by Crippen LogP contribution is 2.17. The molecule has 0 N–H and O–H groups in total. The van der Waals surface area contributed by atoms with Gasteiger partial charge in [0, 0.05) is 12.8 Å². The maximum Gasteiger partial charge on any atom is 0.306 e. The highest BCUT2D eigenvalue weighted by atomic mass is 16.7. The van der Waals surface area contributed by atoms with Gasteiger partial charge < -0.3 is 33.3 Å². The number of carboxylic acid groups (broad SMARTS) is 1. The Balaban J connectivity index is 4.20. The van der Waals surface area contributed by atoms with Crippen LogP contribution >= 0.6 is 0 Å². The smallest absolute Gasteiger partial charge is 0.306 e. The number of ether oxygens (including phenoxy) is 4. The lowest BCUT2D eigenvalue weighted by Crippen LogP contribution is -2.44. The van der Waals surface area contributed by atoms with E-state index >= 15 is 0 Å². The zero-order valence-electron chi connectivity index (χ0n) is 38.9. The third-order valence-corrected chi connectivity index (χ3v) is 11.1. The molecule has 58 heavy (non-hydrogen) atoms. The Morgan fingerprint density at radius 2 is 0.776 bits per heavy atom. The van der Waals surface area contributed by atoms with Gasteiger partial charge >= 0.3 is 11.9 Å². The van der Waals surface area contributed by atoms with Crippen molar-refractivity contribution in [3.63, 3.8) is 0 Å². The van der Waals surface area contributed by atoms with E-state index in [9.17, 15) is 19.5 Å². The fraction of sp³-hybridized carbons (Fsp3) is 0.939. The van der Waals surface area contributed by atoms with E-state index in [-0.39, 0.29) is 32.2 Å². The molecule has 0 saturated heterocycles. The van der Waals surface area contributed by atoms with Crippen molar-refractivity contribution in [2.45, 2.75) is 251 Å². The van der Waals surface area contributed by atoms with Gasteiger partial charge in [-0.15, -0.1) is 0 Å². The lowest BCUT2D eigenvalue weighted by molar-refractivity contribution is -0.870. The first-order chi connectivity index (χ1) is 28.1. The fourth-order valence-electron chi connectivity index (χ4n) is 7.24. The second-order valence-electron chi connectivity index (χ2n) is 18.1. The summed E-state index contributed by atoms with van der Waals surface area (Å²) >= 11 is 0. The standard InChI is InChI=1S/C49H95NO8/c1-6-8-10-12-14-16-18-19-20-21-22-23-24-25-26-27-28-29-30-32-34-36-38-40-47(52)58-45(44-57-49(48(53)54)55-42-41-50(3,4)5)43-56-46(51)39-37-35-33-31-17-15-13-11-9-7-2/h45,49H,6-44H2,1-5H3. The second-order valence-corrected chi connectivity index (χ2v) is 18.1. The number of quaternary nitrogens is 1. The molecule has 344 valence electrons. The molecule has 0 aromatic carbocycles. The molecule has 0 rings (SSSR count). The van der Waals surface area contributed by atoms with Crippen molar-refractivity contribution in [2.24, 2.45) is 0 Å². The summed E-state index contributed by atoms with van der Waals surface area (Å²) in [6.07, 6.45) is 40.0. The highest BCUT2D eigenvalue weighted by Gasteiger charge is 2.22. The van der Waals surface area contributed by atoms with Gasteiger partial charge in [-0.3, -0.25) is 9.59 Å². The monoisotopic (exact) mass is 826 g/mol. The van der Waals surface area contributed by atoms with Crippen molar-refractivity contribution >= 4 is 17.9 Å². The minimum Gasteiger partial charge on any atom is -0.545 e. The third-order valence-electron chi connectivity index (χ3n) is 11.1. The first-order valence-electron chi connectivity index (χ1n) is 24.7. The average Bonchev–Trinajstić information content (AvgIpc) is 3.18. The average molecular weight is 826 g/mol. The van der Waals surface area contributed by atoms with Gasteiger partial charge in [0.1, 0.15) is 13.2 Å². The molecule has 0 saturated carbocycles. The Labute approximate surface area is 358 Å². The number of nitrogens with zero attached hydrogens (tertiary/aromatic N) is 1. The van der Waals surface area contributed by atoms with Crippen molar-refractivity contribution in [1.82, 2.24) is 0 Å². The van der Waals surface area contributed by atoms with Crippen LogP contribution in [0.4, 0.5) is 0 Å². The minimum absolute atomic E-state index is 0.153. The fourth-order valence-corrected chi connectivity index (χ4v) is 7.24. The van der Waals surface area contributed by atoms with Crippen molar-refractivity contribution in [3.8, 4) is 0 Å². The molecule has 9 nitrogen and oxygen atoms in total. The first kappa shape index (κ1) is 56.3. The van der Waals surface area contributed by atoms with Crippen molar-refractivity contribution in [2.75, 3.05) is 47.5 Å². The number of carboxylic acids is 1. The third kappa shape index (κ3) is 42.4. The summed E-state index contributed by atoms with van der Waals surface area (Å²) in [5.41, 5.74) is 0. The molecule has 0 aromatic heterocycles. The number of unbranched alkanes of at least 4 members (excludes halogenated alkanes) is 31. The molecule has 0 aliphatic carbocycles. The summed E-state index contributed by atoms with van der Waals surface area (Å²) in [7, 11) is 5.92. The van der Waals surface area contributed by atoms with Crippen LogP contribution in [-0.4, -0.2) is 82.3 Å². The van der Waals surface area contributed by atoms with Crippen LogP contribution in [0.2, 0.25) is 0 Å². The van der Waals surface area contributed by atoms with Gasteiger partial charge in [-0.2, -0.15) is 0 Å². The Hall–Kier alpha value is -1.71. The maximum atomic E-state index is 12.8. The van der Waals surface area contributed by atoms with Crippen LogP contribution in [0.15, 0.2) is 0 Å². The van der Waals surface area contributed by atoms with Gasteiger partial charge in [-0.25, -0.2) is 0 Å². The van der Waals surface area contributed by atoms with E-state index < -0.39 is 24.3 Å². The van der Waals surface area contributed by atoms with E-state index in [1.165, 1.54) is 173 Å². The number of aliphatic carboxylic acids is 1. The Morgan fingerprint density at radius 1 is 0.448 bits per heavy atom. The predicted molar refractivity (Wildman–Crippen MR) is 237 cm³/mol. The van der Waals surface area contributed by atoms with Gasteiger partial charge in [0.25, 0.3) is 0 Å². The highest BCUT2D eigenvalue weighted by molar-refractivity contribution is 5.70. The van der Waals surface area contributed by atoms with E-state index in [0.29, 0.717) is 17.4 Å². The van der Waals surface area contributed by atoms with E-state index in [4.69, 9.17) is 18.9 Å². The molecule has 0 amide bonds. The van der Waals surface area contributed by atoms with Crippen molar-refractivity contribution in [1.29, 1.82) is 0 Å². The molecule has 2 atom stereocenters. The van der Waals surface area contributed by atoms with Gasteiger partial charge in [0.2, 0.25) is 0 Å². The van der Waals surface area contributed by atoms with E-state index in [0.717, 1.165) is 38.5 Å². The molecule has 0 fully saturated rings. The summed E-state index contributed by atoms with van der Waals surface area (Å²) in [5, 5.41) is 11.7. The van der Waals surface area contributed by atoms with Crippen molar-refractivity contribution < 1.29 is 42.9 Å². The second kappa shape index (κ2) is 42.0.